The van der Waals surface area contributed by atoms with E-state index in [1.807, 2.05) is 21.8 Å². The van der Waals surface area contributed by atoms with Gasteiger partial charge in [-0.25, -0.2) is 9.50 Å². The van der Waals surface area contributed by atoms with Crippen LogP contribution in [0, 0.1) is 0 Å². The fourth-order valence-electron chi connectivity index (χ4n) is 3.19. The highest BCUT2D eigenvalue weighted by Gasteiger charge is 2.27. The van der Waals surface area contributed by atoms with Crippen molar-refractivity contribution in [1.29, 1.82) is 0 Å². The average molecular weight is 299 g/mol. The van der Waals surface area contributed by atoms with Gasteiger partial charge in [0.05, 0.1) is 5.69 Å². The summed E-state index contributed by atoms with van der Waals surface area (Å²) in [5, 5.41) is 4.68. The van der Waals surface area contributed by atoms with Gasteiger partial charge in [-0.05, 0) is 25.3 Å². The van der Waals surface area contributed by atoms with Crippen LogP contribution in [-0.2, 0) is 4.79 Å². The van der Waals surface area contributed by atoms with Crippen LogP contribution < -0.4 is 4.90 Å². The lowest BCUT2D eigenvalue weighted by atomic mass is 10.3. The summed E-state index contributed by atoms with van der Waals surface area (Å²) in [6.07, 6.45) is 7.23. The quantitative estimate of drug-likeness (QED) is 0.846. The molecule has 6 heteroatoms. The Morgan fingerprint density at radius 1 is 1.23 bits per heavy atom. The lowest BCUT2D eigenvalue weighted by Gasteiger charge is -2.22. The van der Waals surface area contributed by atoms with Gasteiger partial charge in [0.2, 0.25) is 5.91 Å². The van der Waals surface area contributed by atoms with E-state index >= 15 is 0 Å². The first kappa shape index (κ1) is 13.5. The monoisotopic (exact) mass is 299 g/mol. The second-order valence-electron chi connectivity index (χ2n) is 6.27. The summed E-state index contributed by atoms with van der Waals surface area (Å²) in [5.74, 6) is 1.80. The third-order valence-corrected chi connectivity index (χ3v) is 4.62. The topological polar surface area (TPSA) is 53.7 Å². The van der Waals surface area contributed by atoms with Crippen molar-refractivity contribution in [3.05, 3.63) is 24.2 Å². The minimum atomic E-state index is 0.161. The molecule has 1 aliphatic heterocycles. The summed E-state index contributed by atoms with van der Waals surface area (Å²) in [7, 11) is 0. The van der Waals surface area contributed by atoms with Crippen LogP contribution in [0.25, 0.3) is 5.52 Å². The van der Waals surface area contributed by atoms with Gasteiger partial charge in [0, 0.05) is 51.4 Å². The number of amides is 1. The molecule has 0 aromatic carbocycles. The van der Waals surface area contributed by atoms with Crippen molar-refractivity contribution >= 4 is 17.2 Å². The zero-order valence-corrected chi connectivity index (χ0v) is 12.9. The van der Waals surface area contributed by atoms with Gasteiger partial charge in [-0.3, -0.25) is 4.79 Å². The molecule has 0 N–H and O–H groups in total. The summed E-state index contributed by atoms with van der Waals surface area (Å²) >= 11 is 0. The number of rotatable bonds is 2. The largest absolute Gasteiger partial charge is 0.353 e. The van der Waals surface area contributed by atoms with Crippen LogP contribution in [0.5, 0.6) is 0 Å². The summed E-state index contributed by atoms with van der Waals surface area (Å²) < 4.78 is 1.95. The average Bonchev–Trinajstić information content (AvgIpc) is 3.30. The summed E-state index contributed by atoms with van der Waals surface area (Å²) in [5.41, 5.74) is 2.27. The highest BCUT2D eigenvalue weighted by molar-refractivity contribution is 5.73. The molecule has 4 rings (SSSR count). The number of anilines is 1. The lowest BCUT2D eigenvalue weighted by molar-refractivity contribution is -0.128. The Hall–Kier alpha value is -2.11. The van der Waals surface area contributed by atoms with Crippen LogP contribution in [0.3, 0.4) is 0 Å². The molecule has 0 spiro atoms. The predicted molar refractivity (Wildman–Crippen MR) is 84.0 cm³/mol. The summed E-state index contributed by atoms with van der Waals surface area (Å²) in [4.78, 5) is 20.4. The molecule has 0 bridgehead atoms. The standard InChI is InChI=1S/C16H21N5O/c1-12(22)19-6-2-7-20(10-9-19)16-15-11-14(13-3-4-13)18-21(15)8-5-17-16/h5,8,11,13H,2-4,6-7,9-10H2,1H3. The molecule has 6 nitrogen and oxygen atoms in total. The fraction of sp³-hybridized carbons (Fsp3) is 0.562. The zero-order chi connectivity index (χ0) is 15.1. The van der Waals surface area contributed by atoms with Crippen molar-refractivity contribution in [3.63, 3.8) is 0 Å². The molecule has 2 aromatic rings. The van der Waals surface area contributed by atoms with Crippen LogP contribution >= 0.6 is 0 Å². The minimum Gasteiger partial charge on any atom is -0.353 e. The highest BCUT2D eigenvalue weighted by atomic mass is 16.2. The van der Waals surface area contributed by atoms with Crippen molar-refractivity contribution in [2.24, 2.45) is 0 Å². The highest BCUT2D eigenvalue weighted by Crippen LogP contribution is 2.40. The number of hydrogen-bond donors (Lipinski definition) is 0. The molecule has 2 aromatic heterocycles. The molecular formula is C16H21N5O. The van der Waals surface area contributed by atoms with Crippen LogP contribution in [0.4, 0.5) is 5.82 Å². The Labute approximate surface area is 129 Å². The van der Waals surface area contributed by atoms with Gasteiger partial charge in [-0.2, -0.15) is 5.10 Å². The maximum Gasteiger partial charge on any atom is 0.219 e. The number of hydrogen-bond acceptors (Lipinski definition) is 4. The van der Waals surface area contributed by atoms with Crippen molar-refractivity contribution in [2.75, 3.05) is 31.1 Å². The first-order chi connectivity index (χ1) is 10.7. The molecule has 2 fully saturated rings. The maximum atomic E-state index is 11.6. The van der Waals surface area contributed by atoms with E-state index in [0.717, 1.165) is 43.9 Å². The van der Waals surface area contributed by atoms with E-state index < -0.39 is 0 Å². The number of fused-ring (bicyclic) bond motifs is 1. The third kappa shape index (κ3) is 2.42. The first-order valence-electron chi connectivity index (χ1n) is 8.07. The summed E-state index contributed by atoms with van der Waals surface area (Å²) in [6.45, 7) is 5.01. The molecule has 1 saturated carbocycles. The van der Waals surface area contributed by atoms with E-state index in [0.29, 0.717) is 5.92 Å². The van der Waals surface area contributed by atoms with Crippen molar-refractivity contribution in [2.45, 2.75) is 32.1 Å². The number of aromatic nitrogens is 3. The fourth-order valence-corrected chi connectivity index (χ4v) is 3.19. The van der Waals surface area contributed by atoms with E-state index in [1.165, 1.54) is 18.5 Å². The maximum absolute atomic E-state index is 11.6. The van der Waals surface area contributed by atoms with Crippen molar-refractivity contribution in [3.8, 4) is 0 Å². The van der Waals surface area contributed by atoms with E-state index in [9.17, 15) is 4.79 Å². The molecule has 0 unspecified atom stereocenters. The molecule has 0 atom stereocenters. The Morgan fingerprint density at radius 2 is 2.09 bits per heavy atom. The second-order valence-corrected chi connectivity index (χ2v) is 6.27. The third-order valence-electron chi connectivity index (χ3n) is 4.62. The van der Waals surface area contributed by atoms with E-state index in [-0.39, 0.29) is 5.91 Å². The molecule has 1 saturated heterocycles. The smallest absolute Gasteiger partial charge is 0.219 e. The van der Waals surface area contributed by atoms with Crippen molar-refractivity contribution in [1.82, 2.24) is 19.5 Å². The Kier molecular flexibility index (Phi) is 3.24. The summed E-state index contributed by atoms with van der Waals surface area (Å²) in [6, 6.07) is 2.19. The lowest BCUT2D eigenvalue weighted by Crippen LogP contribution is -2.34. The van der Waals surface area contributed by atoms with E-state index in [1.54, 1.807) is 6.92 Å². The minimum absolute atomic E-state index is 0.161. The number of carbonyl (C=O) groups excluding carboxylic acids is 1. The number of nitrogens with zero attached hydrogens (tertiary/aromatic N) is 5. The van der Waals surface area contributed by atoms with Gasteiger partial charge in [0.25, 0.3) is 0 Å². The van der Waals surface area contributed by atoms with Crippen molar-refractivity contribution < 1.29 is 4.79 Å². The van der Waals surface area contributed by atoms with Gasteiger partial charge in [0.15, 0.2) is 5.82 Å². The Balaban J connectivity index is 1.63. The molecule has 22 heavy (non-hydrogen) atoms. The second kappa shape index (κ2) is 5.26. The molecule has 0 radical (unpaired) electrons. The Morgan fingerprint density at radius 3 is 2.86 bits per heavy atom. The number of carbonyl (C=O) groups is 1. The predicted octanol–water partition coefficient (Wildman–Crippen LogP) is 1.67. The van der Waals surface area contributed by atoms with Crippen LogP contribution in [0.2, 0.25) is 0 Å². The molecule has 116 valence electrons. The molecular weight excluding hydrogens is 278 g/mol. The Bertz CT molecular complexity index is 706. The molecule has 1 aliphatic carbocycles. The van der Waals surface area contributed by atoms with Gasteiger partial charge in [-0.15, -0.1) is 0 Å². The van der Waals surface area contributed by atoms with Gasteiger partial charge >= 0.3 is 0 Å². The molecule has 3 heterocycles. The molecule has 2 aliphatic rings. The zero-order valence-electron chi connectivity index (χ0n) is 12.9. The van der Waals surface area contributed by atoms with Gasteiger partial charge in [0.1, 0.15) is 5.52 Å². The normalized spacial score (nSPS) is 19.5. The molecule has 1 amide bonds. The van der Waals surface area contributed by atoms with E-state index in [2.05, 4.69) is 21.0 Å². The van der Waals surface area contributed by atoms with Crippen LogP contribution in [0.15, 0.2) is 18.5 Å². The van der Waals surface area contributed by atoms with Crippen LogP contribution in [0.1, 0.15) is 37.8 Å². The van der Waals surface area contributed by atoms with Crippen LogP contribution in [-0.4, -0.2) is 51.6 Å². The van der Waals surface area contributed by atoms with Gasteiger partial charge < -0.3 is 9.80 Å². The van der Waals surface area contributed by atoms with Gasteiger partial charge in [-0.1, -0.05) is 0 Å². The first-order valence-corrected chi connectivity index (χ1v) is 8.07. The SMILES string of the molecule is CC(=O)N1CCCN(c2nccn3nc(C4CC4)cc23)CC1. The van der Waals surface area contributed by atoms with E-state index in [4.69, 9.17) is 0 Å².